The molecule has 1 aliphatic heterocycles. The number of amides is 2. The number of esters is 3. The van der Waals surface area contributed by atoms with Crippen molar-refractivity contribution in [3.63, 3.8) is 0 Å². The summed E-state index contributed by atoms with van der Waals surface area (Å²) in [4.78, 5) is 55.3. The van der Waals surface area contributed by atoms with E-state index < -0.39 is 36.0 Å². The number of carbonyl (C=O) groups excluding carboxylic acids is 4. The van der Waals surface area contributed by atoms with Crippen LogP contribution in [0.2, 0.25) is 0 Å². The van der Waals surface area contributed by atoms with E-state index in [1.54, 1.807) is 6.07 Å². The highest BCUT2D eigenvalue weighted by Gasteiger charge is 2.50. The zero-order valence-corrected chi connectivity index (χ0v) is 24.1. The Morgan fingerprint density at radius 1 is 0.795 bits per heavy atom. The van der Waals surface area contributed by atoms with E-state index in [2.05, 4.69) is 0 Å². The molecule has 4 aromatic rings. The van der Waals surface area contributed by atoms with E-state index in [4.69, 9.17) is 15.2 Å². The first-order chi connectivity index (χ1) is 21.4. The number of hydrogen-bond acceptors (Lipinski definition) is 7. The van der Waals surface area contributed by atoms with Gasteiger partial charge >= 0.3 is 23.9 Å². The Balaban J connectivity index is 1.32. The van der Waals surface area contributed by atoms with Crippen molar-refractivity contribution in [1.29, 1.82) is 0 Å². The molecule has 0 saturated carbocycles. The molecule has 1 saturated heterocycles. The molecule has 5 rings (SSSR count). The SMILES string of the molecule is NC(=O)N(CC(=O)OC(=O)C1(c2ccccc2)CCCN1Cc1ccccc1)c1cccc(C(=O)OCc2ccccc2)c1. The molecule has 9 heteroatoms. The second-order valence-corrected chi connectivity index (χ2v) is 10.5. The Labute approximate surface area is 255 Å². The molecule has 1 heterocycles. The Hall–Kier alpha value is -5.28. The molecule has 1 atom stereocenters. The number of hydrogen-bond donors (Lipinski definition) is 1. The van der Waals surface area contributed by atoms with Crippen LogP contribution in [0.1, 0.15) is 39.9 Å². The van der Waals surface area contributed by atoms with Crippen LogP contribution in [0.5, 0.6) is 0 Å². The summed E-state index contributed by atoms with van der Waals surface area (Å²) in [6.07, 6.45) is 1.19. The highest BCUT2D eigenvalue weighted by atomic mass is 16.6. The van der Waals surface area contributed by atoms with Crippen LogP contribution in [0.25, 0.3) is 0 Å². The van der Waals surface area contributed by atoms with E-state index >= 15 is 0 Å². The fourth-order valence-corrected chi connectivity index (χ4v) is 5.54. The Morgan fingerprint density at radius 2 is 1.43 bits per heavy atom. The van der Waals surface area contributed by atoms with Gasteiger partial charge in [-0.05, 0) is 47.7 Å². The molecule has 1 aliphatic rings. The normalized spacial score (nSPS) is 16.2. The first kappa shape index (κ1) is 30.2. The van der Waals surface area contributed by atoms with Crippen LogP contribution in [0.3, 0.4) is 0 Å². The van der Waals surface area contributed by atoms with Crippen LogP contribution >= 0.6 is 0 Å². The molecular formula is C35H33N3O6. The largest absolute Gasteiger partial charge is 0.457 e. The number of rotatable bonds is 10. The highest BCUT2D eigenvalue weighted by Crippen LogP contribution is 2.41. The summed E-state index contributed by atoms with van der Waals surface area (Å²) < 4.78 is 10.9. The molecule has 0 aliphatic carbocycles. The maximum atomic E-state index is 13.9. The number of primary amides is 1. The molecule has 0 spiro atoms. The number of carbonyl (C=O) groups is 4. The molecule has 4 aromatic carbocycles. The summed E-state index contributed by atoms with van der Waals surface area (Å²) >= 11 is 0. The van der Waals surface area contributed by atoms with Gasteiger partial charge in [0.05, 0.1) is 5.56 Å². The summed E-state index contributed by atoms with van der Waals surface area (Å²) in [6, 6.07) is 33.3. The Kier molecular flexibility index (Phi) is 9.46. The van der Waals surface area contributed by atoms with E-state index in [9.17, 15) is 19.2 Å². The van der Waals surface area contributed by atoms with Crippen LogP contribution in [0.15, 0.2) is 115 Å². The maximum Gasteiger partial charge on any atom is 0.338 e. The molecule has 0 radical (unpaired) electrons. The quantitative estimate of drug-likeness (QED) is 0.199. The summed E-state index contributed by atoms with van der Waals surface area (Å²) in [7, 11) is 0. The van der Waals surface area contributed by atoms with Gasteiger partial charge in [-0.2, -0.15) is 0 Å². The minimum atomic E-state index is -1.19. The lowest BCUT2D eigenvalue weighted by atomic mass is 9.86. The average molecular weight is 592 g/mol. The van der Waals surface area contributed by atoms with E-state index in [1.165, 1.54) is 18.2 Å². The van der Waals surface area contributed by atoms with Crippen molar-refractivity contribution in [2.24, 2.45) is 5.73 Å². The van der Waals surface area contributed by atoms with Gasteiger partial charge in [-0.3, -0.25) is 9.80 Å². The third kappa shape index (κ3) is 6.85. The third-order valence-electron chi connectivity index (χ3n) is 7.68. The summed E-state index contributed by atoms with van der Waals surface area (Å²) in [5.41, 5.74) is 7.35. The van der Waals surface area contributed by atoms with Gasteiger partial charge in [-0.25, -0.2) is 19.2 Å². The molecule has 2 N–H and O–H groups in total. The molecule has 1 fully saturated rings. The highest BCUT2D eigenvalue weighted by molar-refractivity contribution is 6.00. The van der Waals surface area contributed by atoms with Gasteiger partial charge in [0.2, 0.25) is 0 Å². The van der Waals surface area contributed by atoms with Crippen molar-refractivity contribution in [2.75, 3.05) is 18.0 Å². The molecular weight excluding hydrogens is 558 g/mol. The first-order valence-corrected chi connectivity index (χ1v) is 14.3. The monoisotopic (exact) mass is 591 g/mol. The molecule has 224 valence electrons. The summed E-state index contributed by atoms with van der Waals surface area (Å²) in [5, 5.41) is 0. The van der Waals surface area contributed by atoms with E-state index in [1.807, 2.05) is 95.9 Å². The number of anilines is 1. The molecule has 0 aromatic heterocycles. The predicted molar refractivity (Wildman–Crippen MR) is 164 cm³/mol. The van der Waals surface area contributed by atoms with Gasteiger partial charge in [-0.1, -0.05) is 97.1 Å². The van der Waals surface area contributed by atoms with Crippen molar-refractivity contribution >= 4 is 29.6 Å². The lowest BCUT2D eigenvalue weighted by Gasteiger charge is -2.36. The molecule has 44 heavy (non-hydrogen) atoms. The Morgan fingerprint density at radius 3 is 2.09 bits per heavy atom. The number of urea groups is 1. The fourth-order valence-electron chi connectivity index (χ4n) is 5.54. The van der Waals surface area contributed by atoms with Crippen molar-refractivity contribution in [3.8, 4) is 0 Å². The van der Waals surface area contributed by atoms with E-state index in [0.29, 0.717) is 19.5 Å². The predicted octanol–water partition coefficient (Wildman–Crippen LogP) is 5.19. The number of likely N-dealkylation sites (tertiary alicyclic amines) is 1. The number of benzene rings is 4. The average Bonchev–Trinajstić information content (AvgIpc) is 3.48. The van der Waals surface area contributed by atoms with Crippen LogP contribution in [0, 0.1) is 0 Å². The molecule has 1 unspecified atom stereocenters. The number of ether oxygens (including phenoxy) is 2. The number of nitrogens with zero attached hydrogens (tertiary/aromatic N) is 2. The van der Waals surface area contributed by atoms with Gasteiger partial charge in [-0.15, -0.1) is 0 Å². The first-order valence-electron chi connectivity index (χ1n) is 14.3. The van der Waals surface area contributed by atoms with Crippen LogP contribution in [-0.4, -0.2) is 41.9 Å². The topological polar surface area (TPSA) is 119 Å². The minimum Gasteiger partial charge on any atom is -0.457 e. The van der Waals surface area contributed by atoms with Crippen molar-refractivity contribution in [1.82, 2.24) is 4.90 Å². The molecule has 9 nitrogen and oxygen atoms in total. The standard InChI is InChI=1S/C35H33N3O6/c36-34(42)38(30-19-10-16-28(22-30)32(40)43-25-27-14-6-2-7-15-27)24-31(39)44-33(41)35(29-17-8-3-9-18-29)20-11-21-37(35)23-26-12-4-1-5-13-26/h1-10,12-19,22H,11,20-21,23-25H2,(H2,36,42). The summed E-state index contributed by atoms with van der Waals surface area (Å²) in [5.74, 6) is -2.28. The van der Waals surface area contributed by atoms with Crippen molar-refractivity contribution < 1.29 is 28.7 Å². The van der Waals surface area contributed by atoms with E-state index in [0.717, 1.165) is 28.0 Å². The zero-order chi connectivity index (χ0) is 30.9. The second-order valence-electron chi connectivity index (χ2n) is 10.5. The van der Waals surface area contributed by atoms with E-state index in [-0.39, 0.29) is 17.9 Å². The lowest BCUT2D eigenvalue weighted by molar-refractivity contribution is -0.168. The van der Waals surface area contributed by atoms with Gasteiger partial charge in [0.1, 0.15) is 18.7 Å². The third-order valence-corrected chi connectivity index (χ3v) is 7.68. The molecule has 0 bridgehead atoms. The maximum absolute atomic E-state index is 13.9. The zero-order valence-electron chi connectivity index (χ0n) is 24.1. The van der Waals surface area contributed by atoms with Crippen LogP contribution < -0.4 is 10.6 Å². The van der Waals surface area contributed by atoms with Crippen LogP contribution in [0.4, 0.5) is 10.5 Å². The van der Waals surface area contributed by atoms with Gasteiger partial charge in [0.15, 0.2) is 0 Å². The Bertz CT molecular complexity index is 1610. The van der Waals surface area contributed by atoms with Crippen molar-refractivity contribution in [2.45, 2.75) is 31.5 Å². The van der Waals surface area contributed by atoms with Crippen LogP contribution in [-0.2, 0) is 37.8 Å². The number of nitrogens with two attached hydrogens (primary N) is 1. The van der Waals surface area contributed by atoms with Gasteiger partial charge in [0.25, 0.3) is 0 Å². The summed E-state index contributed by atoms with van der Waals surface area (Å²) in [6.45, 7) is 0.558. The van der Waals surface area contributed by atoms with Gasteiger partial charge < -0.3 is 15.2 Å². The fraction of sp³-hybridized carbons (Fsp3) is 0.200. The molecule has 2 amide bonds. The van der Waals surface area contributed by atoms with Crippen molar-refractivity contribution in [3.05, 3.63) is 138 Å². The van der Waals surface area contributed by atoms with Gasteiger partial charge in [0, 0.05) is 18.8 Å². The lowest BCUT2D eigenvalue weighted by Crippen LogP contribution is -2.50. The second kappa shape index (κ2) is 13.8. The minimum absolute atomic E-state index is 0.0718. The smallest absolute Gasteiger partial charge is 0.338 e.